The second-order valence-electron chi connectivity index (χ2n) is 11.1. The van der Waals surface area contributed by atoms with Crippen LogP contribution in [0.5, 0.6) is 0 Å². The summed E-state index contributed by atoms with van der Waals surface area (Å²) in [6.45, 7) is 0. The lowest BCUT2D eigenvalue weighted by Gasteiger charge is -2.27. The summed E-state index contributed by atoms with van der Waals surface area (Å²) >= 11 is 0. The molecule has 8 rings (SSSR count). The summed E-state index contributed by atoms with van der Waals surface area (Å²) in [5, 5.41) is 3.28. The number of aromatic nitrogens is 2. The second kappa shape index (κ2) is 11.6. The van der Waals surface area contributed by atoms with E-state index >= 15 is 0 Å². The Morgan fingerprint density at radius 1 is 0.400 bits per heavy atom. The van der Waals surface area contributed by atoms with E-state index in [0.29, 0.717) is 5.95 Å². The lowest BCUT2D eigenvalue weighted by Crippen LogP contribution is -2.15. The van der Waals surface area contributed by atoms with Crippen LogP contribution in [0.15, 0.2) is 176 Å². The van der Waals surface area contributed by atoms with Gasteiger partial charge in [-0.1, -0.05) is 146 Å². The number of fused-ring (bicyclic) bond motifs is 3. The van der Waals surface area contributed by atoms with Crippen LogP contribution in [-0.2, 0) is 0 Å². The Hall–Kier alpha value is -6.06. The van der Waals surface area contributed by atoms with E-state index in [1.54, 1.807) is 0 Å². The SMILES string of the molecule is c1ccc(-c2ccc(N(c3ccccc3)c3nc(-c4ccccc4)c4ccc5ccccc5c4n3)c(-c3ccccc3)c2)cc1. The fourth-order valence-corrected chi connectivity index (χ4v) is 6.10. The molecule has 0 saturated carbocycles. The Kier molecular flexibility index (Phi) is 6.82. The topological polar surface area (TPSA) is 29.0 Å². The Labute approximate surface area is 262 Å². The quantitative estimate of drug-likeness (QED) is 0.185. The fourth-order valence-electron chi connectivity index (χ4n) is 6.10. The predicted octanol–water partition coefficient (Wildman–Crippen LogP) is 11.3. The molecule has 0 spiro atoms. The van der Waals surface area contributed by atoms with Gasteiger partial charge in [0.1, 0.15) is 0 Å². The zero-order valence-electron chi connectivity index (χ0n) is 24.6. The molecule has 8 aromatic rings. The van der Waals surface area contributed by atoms with Crippen LogP contribution in [0.2, 0.25) is 0 Å². The molecule has 0 fully saturated rings. The standard InChI is InChI=1S/C42H29N3/c1-5-15-30(16-6-1)34-26-28-39(38(29-34)31-17-7-2-8-18-31)45(35-22-11-4-12-23-35)42-43-40(33-20-9-3-10-21-33)37-27-25-32-19-13-14-24-36(32)41(37)44-42/h1-29H. The van der Waals surface area contributed by atoms with E-state index in [1.165, 1.54) is 5.56 Å². The number of para-hydroxylation sites is 1. The molecule has 0 aliphatic heterocycles. The van der Waals surface area contributed by atoms with E-state index in [0.717, 1.165) is 61.0 Å². The van der Waals surface area contributed by atoms with Crippen molar-refractivity contribution in [3.63, 3.8) is 0 Å². The van der Waals surface area contributed by atoms with Crippen LogP contribution in [0.4, 0.5) is 17.3 Å². The molecule has 7 aromatic carbocycles. The van der Waals surface area contributed by atoms with Gasteiger partial charge in [-0.3, -0.25) is 4.90 Å². The maximum atomic E-state index is 5.37. The van der Waals surface area contributed by atoms with E-state index in [9.17, 15) is 0 Å². The molecule has 0 aliphatic rings. The molecule has 3 heteroatoms. The van der Waals surface area contributed by atoms with E-state index in [1.807, 2.05) is 12.1 Å². The van der Waals surface area contributed by atoms with Crippen molar-refractivity contribution in [1.82, 2.24) is 9.97 Å². The summed E-state index contributed by atoms with van der Waals surface area (Å²) in [4.78, 5) is 12.9. The molecule has 0 saturated heterocycles. The third-order valence-corrected chi connectivity index (χ3v) is 8.27. The van der Waals surface area contributed by atoms with Crippen molar-refractivity contribution in [3.05, 3.63) is 176 Å². The lowest BCUT2D eigenvalue weighted by atomic mass is 9.96. The van der Waals surface area contributed by atoms with Crippen LogP contribution in [0.3, 0.4) is 0 Å². The van der Waals surface area contributed by atoms with Gasteiger partial charge >= 0.3 is 0 Å². The molecule has 0 unspecified atom stereocenters. The number of hydrogen-bond donors (Lipinski definition) is 0. The molecule has 1 aromatic heterocycles. The van der Waals surface area contributed by atoms with Crippen molar-refractivity contribution in [2.24, 2.45) is 0 Å². The van der Waals surface area contributed by atoms with E-state index < -0.39 is 0 Å². The number of hydrogen-bond acceptors (Lipinski definition) is 3. The summed E-state index contributed by atoms with van der Waals surface area (Å²) in [6, 6.07) is 61.4. The lowest BCUT2D eigenvalue weighted by molar-refractivity contribution is 1.11. The summed E-state index contributed by atoms with van der Waals surface area (Å²) in [5.74, 6) is 0.619. The molecular weight excluding hydrogens is 546 g/mol. The molecule has 0 aliphatic carbocycles. The van der Waals surface area contributed by atoms with Crippen LogP contribution in [0, 0.1) is 0 Å². The summed E-state index contributed by atoms with van der Waals surface area (Å²) in [5.41, 5.74) is 9.44. The third kappa shape index (κ3) is 5.01. The zero-order valence-corrected chi connectivity index (χ0v) is 24.6. The van der Waals surface area contributed by atoms with Gasteiger partial charge in [-0.25, -0.2) is 9.97 Å². The van der Waals surface area contributed by atoms with E-state index in [4.69, 9.17) is 9.97 Å². The van der Waals surface area contributed by atoms with E-state index in [2.05, 4.69) is 169 Å². The zero-order chi connectivity index (χ0) is 30.0. The first-order valence-corrected chi connectivity index (χ1v) is 15.2. The molecule has 45 heavy (non-hydrogen) atoms. The Bertz CT molecular complexity index is 2250. The van der Waals surface area contributed by atoms with Crippen molar-refractivity contribution in [1.29, 1.82) is 0 Å². The molecule has 0 N–H and O–H groups in total. The Balaban J connectivity index is 1.44. The van der Waals surface area contributed by atoms with Gasteiger partial charge in [-0.2, -0.15) is 0 Å². The summed E-state index contributed by atoms with van der Waals surface area (Å²) < 4.78 is 0. The Morgan fingerprint density at radius 3 is 1.71 bits per heavy atom. The average Bonchev–Trinajstić information content (AvgIpc) is 3.13. The van der Waals surface area contributed by atoms with Crippen molar-refractivity contribution in [3.8, 4) is 33.5 Å². The third-order valence-electron chi connectivity index (χ3n) is 8.27. The van der Waals surface area contributed by atoms with Crippen molar-refractivity contribution in [2.75, 3.05) is 4.90 Å². The van der Waals surface area contributed by atoms with Gasteiger partial charge in [0.05, 0.1) is 16.9 Å². The van der Waals surface area contributed by atoms with Crippen LogP contribution in [0.1, 0.15) is 0 Å². The molecule has 212 valence electrons. The van der Waals surface area contributed by atoms with Gasteiger partial charge in [0.25, 0.3) is 0 Å². The molecule has 0 radical (unpaired) electrons. The van der Waals surface area contributed by atoms with E-state index in [-0.39, 0.29) is 0 Å². The molecular formula is C42H29N3. The van der Waals surface area contributed by atoms with Gasteiger partial charge in [0.15, 0.2) is 0 Å². The fraction of sp³-hybridized carbons (Fsp3) is 0. The Morgan fingerprint density at radius 2 is 1.00 bits per heavy atom. The maximum absolute atomic E-state index is 5.37. The number of rotatable bonds is 6. The smallest absolute Gasteiger partial charge is 0.235 e. The minimum absolute atomic E-state index is 0.619. The molecule has 0 atom stereocenters. The highest BCUT2D eigenvalue weighted by atomic mass is 15.3. The highest BCUT2D eigenvalue weighted by Gasteiger charge is 2.23. The highest BCUT2D eigenvalue weighted by molar-refractivity contribution is 6.10. The van der Waals surface area contributed by atoms with Gasteiger partial charge in [0.2, 0.25) is 5.95 Å². The first-order chi connectivity index (χ1) is 22.3. The van der Waals surface area contributed by atoms with Gasteiger partial charge in [-0.15, -0.1) is 0 Å². The highest BCUT2D eigenvalue weighted by Crippen LogP contribution is 2.43. The second-order valence-corrected chi connectivity index (χ2v) is 11.1. The number of nitrogens with zero attached hydrogens (tertiary/aromatic N) is 3. The number of anilines is 3. The normalized spacial score (nSPS) is 11.1. The van der Waals surface area contributed by atoms with Gasteiger partial charge < -0.3 is 0 Å². The van der Waals surface area contributed by atoms with Crippen LogP contribution >= 0.6 is 0 Å². The summed E-state index contributed by atoms with van der Waals surface area (Å²) in [7, 11) is 0. The van der Waals surface area contributed by atoms with Crippen LogP contribution in [-0.4, -0.2) is 9.97 Å². The predicted molar refractivity (Wildman–Crippen MR) is 188 cm³/mol. The van der Waals surface area contributed by atoms with Crippen LogP contribution in [0.25, 0.3) is 55.2 Å². The van der Waals surface area contributed by atoms with Crippen molar-refractivity contribution in [2.45, 2.75) is 0 Å². The molecule has 3 nitrogen and oxygen atoms in total. The number of benzene rings is 7. The average molecular weight is 576 g/mol. The minimum atomic E-state index is 0.619. The minimum Gasteiger partial charge on any atom is -0.279 e. The van der Waals surface area contributed by atoms with Crippen LogP contribution < -0.4 is 4.90 Å². The molecule has 1 heterocycles. The van der Waals surface area contributed by atoms with Gasteiger partial charge in [-0.05, 0) is 52.4 Å². The van der Waals surface area contributed by atoms with Gasteiger partial charge in [0, 0.05) is 27.6 Å². The maximum Gasteiger partial charge on any atom is 0.235 e. The summed E-state index contributed by atoms with van der Waals surface area (Å²) in [6.07, 6.45) is 0. The largest absolute Gasteiger partial charge is 0.279 e. The first-order valence-electron chi connectivity index (χ1n) is 15.2. The molecule has 0 amide bonds. The van der Waals surface area contributed by atoms with Crippen molar-refractivity contribution >= 4 is 39.0 Å². The first kappa shape index (κ1) is 26.6. The van der Waals surface area contributed by atoms with Crippen molar-refractivity contribution < 1.29 is 0 Å². The molecule has 0 bridgehead atoms. The monoisotopic (exact) mass is 575 g/mol.